The summed E-state index contributed by atoms with van der Waals surface area (Å²) in [6.45, 7) is 0.662. The summed E-state index contributed by atoms with van der Waals surface area (Å²) in [6.07, 6.45) is 3.93. The van der Waals surface area contributed by atoms with Crippen molar-refractivity contribution in [3.63, 3.8) is 0 Å². The molecule has 1 atom stereocenters. The first kappa shape index (κ1) is 13.2. The number of rotatable bonds is 3. The first-order valence-corrected chi connectivity index (χ1v) is 7.51. The van der Waals surface area contributed by atoms with Crippen molar-refractivity contribution in [1.29, 1.82) is 0 Å². The molecule has 102 valence electrons. The monoisotopic (exact) mass is 332 g/mol. The van der Waals surface area contributed by atoms with Gasteiger partial charge in [-0.25, -0.2) is 9.97 Å². The lowest BCUT2D eigenvalue weighted by atomic mass is 10.2. The Morgan fingerprint density at radius 3 is 2.80 bits per heavy atom. The number of amides is 1. The summed E-state index contributed by atoms with van der Waals surface area (Å²) in [4.78, 5) is 26.6. The number of carbonyl (C=O) groups excluding carboxylic acids is 1. The van der Waals surface area contributed by atoms with E-state index >= 15 is 0 Å². The first-order valence-electron chi connectivity index (χ1n) is 6.38. The summed E-state index contributed by atoms with van der Waals surface area (Å²) in [6, 6.07) is 7.45. The van der Waals surface area contributed by atoms with E-state index in [1.165, 1.54) is 0 Å². The van der Waals surface area contributed by atoms with Crippen LogP contribution in [0.2, 0.25) is 0 Å². The summed E-state index contributed by atoms with van der Waals surface area (Å²) < 4.78 is 0. The zero-order chi connectivity index (χ0) is 13.9. The van der Waals surface area contributed by atoms with Crippen LogP contribution in [0.15, 0.2) is 36.7 Å². The van der Waals surface area contributed by atoms with Crippen LogP contribution in [0.1, 0.15) is 6.42 Å². The van der Waals surface area contributed by atoms with E-state index in [0.29, 0.717) is 24.8 Å². The highest BCUT2D eigenvalue weighted by atomic mass is 79.9. The molecule has 3 rings (SSSR count). The Hall–Kier alpha value is -1.82. The first-order chi connectivity index (χ1) is 9.78. The van der Waals surface area contributed by atoms with Gasteiger partial charge in [0.1, 0.15) is 0 Å². The van der Waals surface area contributed by atoms with Crippen molar-refractivity contribution >= 4 is 27.8 Å². The average molecular weight is 333 g/mol. The van der Waals surface area contributed by atoms with Gasteiger partial charge in [-0.2, -0.15) is 0 Å². The van der Waals surface area contributed by atoms with Gasteiger partial charge in [0.25, 0.3) is 0 Å². The third kappa shape index (κ3) is 2.56. The fourth-order valence-corrected chi connectivity index (χ4v) is 2.65. The summed E-state index contributed by atoms with van der Waals surface area (Å²) in [7, 11) is 0. The number of hydrogen-bond acceptors (Lipinski definition) is 4. The molecule has 3 heterocycles. The second-order valence-electron chi connectivity index (χ2n) is 4.69. The highest BCUT2D eigenvalue weighted by molar-refractivity contribution is 9.09. The molecule has 2 aromatic rings. The fourth-order valence-electron chi connectivity index (χ4n) is 2.21. The van der Waals surface area contributed by atoms with E-state index in [2.05, 4.69) is 30.9 Å². The second kappa shape index (κ2) is 5.66. The highest BCUT2D eigenvalue weighted by Crippen LogP contribution is 2.24. The molecule has 0 bridgehead atoms. The molecule has 1 saturated heterocycles. The number of carbonyl (C=O) groups is 1. The molecule has 1 aliphatic rings. The number of pyridine rings is 1. The van der Waals surface area contributed by atoms with Crippen molar-refractivity contribution in [2.24, 2.45) is 5.92 Å². The van der Waals surface area contributed by atoms with Crippen LogP contribution in [0.4, 0.5) is 5.95 Å². The maximum atomic E-state index is 12.0. The predicted molar refractivity (Wildman–Crippen MR) is 79.5 cm³/mol. The van der Waals surface area contributed by atoms with Gasteiger partial charge < -0.3 is 0 Å². The summed E-state index contributed by atoms with van der Waals surface area (Å²) in [5, 5.41) is 0.815. The molecule has 1 aliphatic heterocycles. The van der Waals surface area contributed by atoms with Crippen molar-refractivity contribution in [2.75, 3.05) is 16.8 Å². The Morgan fingerprint density at radius 1 is 1.20 bits per heavy atom. The highest BCUT2D eigenvalue weighted by Gasteiger charge is 2.31. The molecule has 1 amide bonds. The molecule has 0 N–H and O–H groups in total. The van der Waals surface area contributed by atoms with Crippen molar-refractivity contribution in [3.05, 3.63) is 36.7 Å². The van der Waals surface area contributed by atoms with Crippen LogP contribution in [0, 0.1) is 5.92 Å². The van der Waals surface area contributed by atoms with Gasteiger partial charge in [0.05, 0.1) is 11.4 Å². The fraction of sp³-hybridized carbons (Fsp3) is 0.286. The van der Waals surface area contributed by atoms with E-state index in [1.807, 2.05) is 18.2 Å². The van der Waals surface area contributed by atoms with Gasteiger partial charge in [0.15, 0.2) is 0 Å². The van der Waals surface area contributed by atoms with Gasteiger partial charge in [-0.3, -0.25) is 14.7 Å². The lowest BCUT2D eigenvalue weighted by Crippen LogP contribution is -2.26. The Labute approximate surface area is 125 Å². The Morgan fingerprint density at radius 2 is 2.10 bits per heavy atom. The Balaban J connectivity index is 1.91. The van der Waals surface area contributed by atoms with E-state index in [-0.39, 0.29) is 5.91 Å². The molecule has 1 unspecified atom stereocenters. The van der Waals surface area contributed by atoms with E-state index < -0.39 is 0 Å². The third-order valence-corrected chi connectivity index (χ3v) is 4.15. The Kier molecular flexibility index (Phi) is 3.73. The third-order valence-electron chi connectivity index (χ3n) is 3.23. The van der Waals surface area contributed by atoms with Crippen LogP contribution < -0.4 is 4.90 Å². The minimum atomic E-state index is 0.0765. The van der Waals surface area contributed by atoms with E-state index in [9.17, 15) is 4.79 Å². The Bertz CT molecular complexity index is 620. The molecular weight excluding hydrogens is 320 g/mol. The molecule has 20 heavy (non-hydrogen) atoms. The maximum absolute atomic E-state index is 12.0. The largest absolute Gasteiger partial charge is 0.280 e. The molecule has 0 spiro atoms. The molecular formula is C14H13BrN4O. The van der Waals surface area contributed by atoms with Crippen LogP contribution in [-0.2, 0) is 4.79 Å². The summed E-state index contributed by atoms with van der Waals surface area (Å²) in [5.74, 6) is 0.860. The number of aromatic nitrogens is 3. The zero-order valence-corrected chi connectivity index (χ0v) is 12.3. The second-order valence-corrected chi connectivity index (χ2v) is 5.33. The number of halogens is 1. The van der Waals surface area contributed by atoms with E-state index in [1.54, 1.807) is 23.4 Å². The predicted octanol–water partition coefficient (Wildman–Crippen LogP) is 2.29. The average Bonchev–Trinajstić information content (AvgIpc) is 2.89. The topological polar surface area (TPSA) is 59.0 Å². The van der Waals surface area contributed by atoms with E-state index in [0.717, 1.165) is 16.7 Å². The quantitative estimate of drug-likeness (QED) is 0.809. The standard InChI is InChI=1S/C14H13BrN4O/c15-8-10-7-13(20)19(9-10)14-17-6-4-12(18-14)11-3-1-2-5-16-11/h1-6,10H,7-9H2. The molecule has 2 aromatic heterocycles. The van der Waals surface area contributed by atoms with Crippen LogP contribution in [0.5, 0.6) is 0 Å². The van der Waals surface area contributed by atoms with Gasteiger partial charge in [0.2, 0.25) is 11.9 Å². The minimum Gasteiger partial charge on any atom is -0.280 e. The van der Waals surface area contributed by atoms with Gasteiger partial charge >= 0.3 is 0 Å². The van der Waals surface area contributed by atoms with Gasteiger partial charge in [-0.05, 0) is 24.1 Å². The van der Waals surface area contributed by atoms with Gasteiger partial charge in [0, 0.05) is 30.7 Å². The maximum Gasteiger partial charge on any atom is 0.232 e. The molecule has 1 fully saturated rings. The summed E-state index contributed by atoms with van der Waals surface area (Å²) >= 11 is 3.43. The van der Waals surface area contributed by atoms with Gasteiger partial charge in [-0.15, -0.1) is 0 Å². The molecule has 0 saturated carbocycles. The minimum absolute atomic E-state index is 0.0765. The normalized spacial score (nSPS) is 18.6. The van der Waals surface area contributed by atoms with Crippen molar-refractivity contribution in [3.8, 4) is 11.4 Å². The van der Waals surface area contributed by atoms with E-state index in [4.69, 9.17) is 0 Å². The molecule has 6 heteroatoms. The summed E-state index contributed by atoms with van der Waals surface area (Å²) in [5.41, 5.74) is 1.51. The van der Waals surface area contributed by atoms with Crippen LogP contribution in [0.25, 0.3) is 11.4 Å². The molecule has 0 aliphatic carbocycles. The smallest absolute Gasteiger partial charge is 0.232 e. The van der Waals surface area contributed by atoms with Gasteiger partial charge in [-0.1, -0.05) is 22.0 Å². The van der Waals surface area contributed by atoms with Crippen molar-refractivity contribution < 1.29 is 4.79 Å². The zero-order valence-electron chi connectivity index (χ0n) is 10.7. The number of anilines is 1. The molecule has 0 aromatic carbocycles. The van der Waals surface area contributed by atoms with Crippen LogP contribution in [0.3, 0.4) is 0 Å². The number of nitrogens with zero attached hydrogens (tertiary/aromatic N) is 4. The SMILES string of the molecule is O=C1CC(CBr)CN1c1nccc(-c2ccccn2)n1. The van der Waals surface area contributed by atoms with Crippen LogP contribution in [-0.4, -0.2) is 32.7 Å². The number of hydrogen-bond donors (Lipinski definition) is 0. The van der Waals surface area contributed by atoms with Crippen molar-refractivity contribution in [2.45, 2.75) is 6.42 Å². The molecule has 0 radical (unpaired) electrons. The van der Waals surface area contributed by atoms with Crippen LogP contribution >= 0.6 is 15.9 Å². The van der Waals surface area contributed by atoms with Crippen molar-refractivity contribution in [1.82, 2.24) is 15.0 Å². The molecule has 5 nitrogen and oxygen atoms in total. The number of alkyl halides is 1. The lowest BCUT2D eigenvalue weighted by Gasteiger charge is -2.14. The lowest BCUT2D eigenvalue weighted by molar-refractivity contribution is -0.117.